The number of rotatable bonds is 6. The molecule has 1 heterocycles. The molecule has 0 fully saturated rings. The number of aromatic nitrogens is 1. The van der Waals surface area contributed by atoms with Crippen LogP contribution in [0.4, 0.5) is 5.82 Å². The molecular weight excluding hydrogens is 258 g/mol. The van der Waals surface area contributed by atoms with Gasteiger partial charge in [-0.2, -0.15) is 0 Å². The van der Waals surface area contributed by atoms with E-state index >= 15 is 0 Å². The second-order valence-corrected chi connectivity index (χ2v) is 4.65. The molecule has 0 aliphatic carbocycles. The van der Waals surface area contributed by atoms with Gasteiger partial charge in [-0.15, -0.1) is 0 Å². The third-order valence-electron chi connectivity index (χ3n) is 2.39. The van der Waals surface area contributed by atoms with E-state index in [0.717, 1.165) is 5.69 Å². The van der Waals surface area contributed by atoms with E-state index in [-0.39, 0.29) is 6.10 Å². The fourth-order valence-corrected chi connectivity index (χ4v) is 1.46. The Bertz CT molecular complexity index is 461. The highest BCUT2D eigenvalue weighted by molar-refractivity contribution is 6.39. The van der Waals surface area contributed by atoms with Crippen LogP contribution >= 0.6 is 0 Å². The van der Waals surface area contributed by atoms with E-state index in [9.17, 15) is 9.59 Å². The first-order chi connectivity index (χ1) is 9.49. The van der Waals surface area contributed by atoms with Crippen molar-refractivity contribution in [2.45, 2.75) is 33.3 Å². The van der Waals surface area contributed by atoms with Crippen molar-refractivity contribution in [3.05, 3.63) is 23.9 Å². The average Bonchev–Trinajstić information content (AvgIpc) is 2.37. The number of hydrogen-bond donors (Lipinski definition) is 2. The number of carbonyl (C=O) groups excluding carboxylic acids is 2. The summed E-state index contributed by atoms with van der Waals surface area (Å²) in [6, 6.07) is 5.21. The number of aryl methyl sites for hydroxylation is 1. The van der Waals surface area contributed by atoms with Gasteiger partial charge in [-0.05, 0) is 39.3 Å². The predicted molar refractivity (Wildman–Crippen MR) is 76.3 cm³/mol. The third kappa shape index (κ3) is 6.29. The zero-order valence-electron chi connectivity index (χ0n) is 12.1. The van der Waals surface area contributed by atoms with Crippen LogP contribution in [-0.4, -0.2) is 36.1 Å². The topological polar surface area (TPSA) is 80.3 Å². The van der Waals surface area contributed by atoms with Crippen molar-refractivity contribution in [3.63, 3.8) is 0 Å². The molecule has 2 amide bonds. The number of ether oxygens (including phenoxy) is 1. The first-order valence-corrected chi connectivity index (χ1v) is 6.63. The van der Waals surface area contributed by atoms with Crippen LogP contribution in [0.5, 0.6) is 0 Å². The van der Waals surface area contributed by atoms with Crippen LogP contribution in [0, 0.1) is 6.92 Å². The lowest BCUT2D eigenvalue weighted by molar-refractivity contribution is -0.136. The number of hydrogen-bond acceptors (Lipinski definition) is 4. The number of nitrogens with one attached hydrogen (secondary N) is 2. The minimum atomic E-state index is -0.715. The summed E-state index contributed by atoms with van der Waals surface area (Å²) in [5, 5.41) is 4.98. The number of pyridine rings is 1. The maximum absolute atomic E-state index is 11.6. The van der Waals surface area contributed by atoms with Gasteiger partial charge in [0.2, 0.25) is 0 Å². The molecule has 0 saturated heterocycles. The summed E-state index contributed by atoms with van der Waals surface area (Å²) in [7, 11) is 0. The molecule has 0 aliphatic heterocycles. The first kappa shape index (κ1) is 16.1. The number of amides is 2. The van der Waals surface area contributed by atoms with Crippen molar-refractivity contribution in [1.82, 2.24) is 10.3 Å². The van der Waals surface area contributed by atoms with Gasteiger partial charge in [0.15, 0.2) is 0 Å². The van der Waals surface area contributed by atoms with Gasteiger partial charge < -0.3 is 15.4 Å². The monoisotopic (exact) mass is 279 g/mol. The Morgan fingerprint density at radius 2 is 2.05 bits per heavy atom. The quantitative estimate of drug-likeness (QED) is 0.607. The van der Waals surface area contributed by atoms with Gasteiger partial charge in [0.1, 0.15) is 5.82 Å². The van der Waals surface area contributed by atoms with Crippen LogP contribution in [0.1, 0.15) is 26.0 Å². The zero-order chi connectivity index (χ0) is 15.0. The van der Waals surface area contributed by atoms with Gasteiger partial charge in [0.25, 0.3) is 0 Å². The molecule has 0 atom stereocenters. The smallest absolute Gasteiger partial charge is 0.314 e. The predicted octanol–water partition coefficient (Wildman–Crippen LogP) is 1.26. The molecule has 0 radical (unpaired) electrons. The van der Waals surface area contributed by atoms with Crippen LogP contribution < -0.4 is 10.6 Å². The second-order valence-electron chi connectivity index (χ2n) is 4.65. The van der Waals surface area contributed by atoms with Crippen molar-refractivity contribution in [1.29, 1.82) is 0 Å². The fourth-order valence-electron chi connectivity index (χ4n) is 1.46. The SMILES string of the molecule is Cc1cccc(NC(=O)C(=O)NCCCOC(C)C)n1. The third-order valence-corrected chi connectivity index (χ3v) is 2.39. The van der Waals surface area contributed by atoms with Crippen molar-refractivity contribution >= 4 is 17.6 Å². The summed E-state index contributed by atoms with van der Waals surface area (Å²) in [4.78, 5) is 27.2. The fraction of sp³-hybridized carbons (Fsp3) is 0.500. The summed E-state index contributed by atoms with van der Waals surface area (Å²) in [5.41, 5.74) is 0.772. The highest BCUT2D eigenvalue weighted by Crippen LogP contribution is 2.03. The highest BCUT2D eigenvalue weighted by Gasteiger charge is 2.13. The Labute approximate surface area is 118 Å². The molecule has 0 spiro atoms. The minimum Gasteiger partial charge on any atom is -0.379 e. The highest BCUT2D eigenvalue weighted by atomic mass is 16.5. The Hall–Kier alpha value is -1.95. The largest absolute Gasteiger partial charge is 0.379 e. The molecule has 20 heavy (non-hydrogen) atoms. The van der Waals surface area contributed by atoms with E-state index in [1.54, 1.807) is 12.1 Å². The van der Waals surface area contributed by atoms with Crippen LogP contribution in [0.2, 0.25) is 0 Å². The molecule has 6 heteroatoms. The van der Waals surface area contributed by atoms with E-state index in [2.05, 4.69) is 15.6 Å². The first-order valence-electron chi connectivity index (χ1n) is 6.63. The van der Waals surface area contributed by atoms with Crippen LogP contribution in [0.25, 0.3) is 0 Å². The van der Waals surface area contributed by atoms with E-state index in [1.807, 2.05) is 26.8 Å². The van der Waals surface area contributed by atoms with Gasteiger partial charge in [-0.25, -0.2) is 4.98 Å². The van der Waals surface area contributed by atoms with Gasteiger partial charge in [0.05, 0.1) is 6.10 Å². The summed E-state index contributed by atoms with van der Waals surface area (Å²) in [5.74, 6) is -1.01. The van der Waals surface area contributed by atoms with Gasteiger partial charge >= 0.3 is 11.8 Å². The Balaban J connectivity index is 2.27. The van der Waals surface area contributed by atoms with Gasteiger partial charge in [-0.3, -0.25) is 9.59 Å². The van der Waals surface area contributed by atoms with Crippen molar-refractivity contribution in [3.8, 4) is 0 Å². The maximum atomic E-state index is 11.6. The van der Waals surface area contributed by atoms with Crippen LogP contribution in [0.3, 0.4) is 0 Å². The lowest BCUT2D eigenvalue weighted by atomic mass is 10.3. The van der Waals surface area contributed by atoms with Crippen molar-refractivity contribution in [2.75, 3.05) is 18.5 Å². The molecule has 1 aromatic rings. The van der Waals surface area contributed by atoms with Gasteiger partial charge in [0, 0.05) is 18.8 Å². The molecule has 1 rings (SSSR count). The Kier molecular flexibility index (Phi) is 6.66. The lowest BCUT2D eigenvalue weighted by Crippen LogP contribution is -2.36. The molecular formula is C14H21N3O3. The Morgan fingerprint density at radius 3 is 2.70 bits per heavy atom. The zero-order valence-corrected chi connectivity index (χ0v) is 12.1. The molecule has 0 saturated carbocycles. The molecule has 6 nitrogen and oxygen atoms in total. The second kappa shape index (κ2) is 8.27. The van der Waals surface area contributed by atoms with Crippen molar-refractivity contribution in [2.24, 2.45) is 0 Å². The summed E-state index contributed by atoms with van der Waals surface area (Å²) >= 11 is 0. The molecule has 0 aromatic carbocycles. The number of nitrogens with zero attached hydrogens (tertiary/aromatic N) is 1. The average molecular weight is 279 g/mol. The molecule has 0 aliphatic rings. The summed E-state index contributed by atoms with van der Waals surface area (Å²) < 4.78 is 5.33. The molecule has 2 N–H and O–H groups in total. The van der Waals surface area contributed by atoms with E-state index in [1.165, 1.54) is 0 Å². The van der Waals surface area contributed by atoms with Gasteiger partial charge in [-0.1, -0.05) is 6.07 Å². The molecule has 110 valence electrons. The number of carbonyl (C=O) groups is 2. The lowest BCUT2D eigenvalue weighted by Gasteiger charge is -2.08. The standard InChI is InChI=1S/C14H21N3O3/c1-10(2)20-9-5-8-15-13(18)14(19)17-12-7-4-6-11(3)16-12/h4,6-7,10H,5,8-9H2,1-3H3,(H,15,18)(H,16,17,19). The van der Waals surface area contributed by atoms with E-state index in [4.69, 9.17) is 4.74 Å². The van der Waals surface area contributed by atoms with Crippen LogP contribution in [-0.2, 0) is 14.3 Å². The molecule has 1 aromatic heterocycles. The molecule has 0 bridgehead atoms. The number of anilines is 1. The minimum absolute atomic E-state index is 0.168. The maximum Gasteiger partial charge on any atom is 0.314 e. The Morgan fingerprint density at radius 1 is 1.30 bits per heavy atom. The normalized spacial score (nSPS) is 10.4. The summed E-state index contributed by atoms with van der Waals surface area (Å²) in [6.07, 6.45) is 0.835. The summed E-state index contributed by atoms with van der Waals surface area (Å²) in [6.45, 7) is 6.66. The van der Waals surface area contributed by atoms with Crippen LogP contribution in [0.15, 0.2) is 18.2 Å². The van der Waals surface area contributed by atoms with E-state index in [0.29, 0.717) is 25.4 Å². The van der Waals surface area contributed by atoms with Crippen molar-refractivity contribution < 1.29 is 14.3 Å². The van der Waals surface area contributed by atoms with E-state index < -0.39 is 11.8 Å². The molecule has 0 unspecified atom stereocenters.